The maximum absolute atomic E-state index is 12.2. The summed E-state index contributed by atoms with van der Waals surface area (Å²) in [5.41, 5.74) is 2.14. The molecule has 134 valence electrons. The second-order valence-corrected chi connectivity index (χ2v) is 5.84. The molecule has 26 heavy (non-hydrogen) atoms. The van der Waals surface area contributed by atoms with Gasteiger partial charge in [-0.15, -0.1) is 0 Å². The number of ether oxygens (including phenoxy) is 1. The minimum atomic E-state index is -0.928. The molecular weight excluding hydrogens is 332 g/mol. The highest BCUT2D eigenvalue weighted by Gasteiger charge is 2.22. The van der Waals surface area contributed by atoms with Crippen LogP contribution >= 0.6 is 0 Å². The van der Waals surface area contributed by atoms with Crippen LogP contribution in [0.25, 0.3) is 11.1 Å². The standard InChI is InChI=1S/C20H20N2O4/c1-14(19(24)22(2)13-3-12-21)26-20(25)17-6-4-15(5-7-17)16-8-10-18(23)11-9-16/h4-11,14,23H,3,13H2,1-2H3/t14-/m0/s1. The van der Waals surface area contributed by atoms with Crippen molar-refractivity contribution in [2.75, 3.05) is 13.6 Å². The predicted octanol–water partition coefficient (Wildman–Crippen LogP) is 2.98. The van der Waals surface area contributed by atoms with Gasteiger partial charge in [-0.2, -0.15) is 5.26 Å². The number of rotatable bonds is 6. The molecule has 0 aliphatic carbocycles. The summed E-state index contributed by atoms with van der Waals surface area (Å²) in [7, 11) is 1.57. The number of phenols is 1. The number of likely N-dealkylation sites (N-methyl/N-ethyl adjacent to an activating group) is 1. The second kappa shape index (κ2) is 8.67. The fourth-order valence-corrected chi connectivity index (χ4v) is 2.37. The van der Waals surface area contributed by atoms with Crippen LogP contribution in [-0.4, -0.2) is 41.6 Å². The summed E-state index contributed by atoms with van der Waals surface area (Å²) in [5, 5.41) is 17.9. The van der Waals surface area contributed by atoms with Gasteiger partial charge in [0.05, 0.1) is 18.1 Å². The molecule has 0 spiro atoms. The number of hydrogen-bond acceptors (Lipinski definition) is 5. The van der Waals surface area contributed by atoms with E-state index >= 15 is 0 Å². The van der Waals surface area contributed by atoms with E-state index < -0.39 is 12.1 Å². The smallest absolute Gasteiger partial charge is 0.338 e. The van der Waals surface area contributed by atoms with Crippen LogP contribution in [0.2, 0.25) is 0 Å². The monoisotopic (exact) mass is 352 g/mol. The fraction of sp³-hybridized carbons (Fsp3) is 0.250. The Bertz CT molecular complexity index is 807. The average Bonchev–Trinajstić information content (AvgIpc) is 2.66. The topological polar surface area (TPSA) is 90.6 Å². The van der Waals surface area contributed by atoms with Gasteiger partial charge >= 0.3 is 5.97 Å². The Hall–Kier alpha value is -3.33. The Labute approximate surface area is 152 Å². The molecule has 1 amide bonds. The summed E-state index contributed by atoms with van der Waals surface area (Å²) in [4.78, 5) is 25.7. The molecule has 0 saturated heterocycles. The third-order valence-electron chi connectivity index (χ3n) is 3.89. The summed E-state index contributed by atoms with van der Waals surface area (Å²) in [5.74, 6) is -0.751. The molecule has 0 radical (unpaired) electrons. The number of hydrogen-bond donors (Lipinski definition) is 1. The first-order valence-corrected chi connectivity index (χ1v) is 8.14. The molecule has 0 unspecified atom stereocenters. The Balaban J connectivity index is 2.00. The number of nitrogens with zero attached hydrogens (tertiary/aromatic N) is 2. The van der Waals surface area contributed by atoms with Crippen LogP contribution in [0.15, 0.2) is 48.5 Å². The summed E-state index contributed by atoms with van der Waals surface area (Å²) >= 11 is 0. The molecule has 6 heteroatoms. The van der Waals surface area contributed by atoms with E-state index in [4.69, 9.17) is 10.00 Å². The van der Waals surface area contributed by atoms with Crippen molar-refractivity contribution in [3.05, 3.63) is 54.1 Å². The number of carbonyl (C=O) groups excluding carboxylic acids is 2. The first kappa shape index (κ1) is 19.0. The Morgan fingerprint density at radius 2 is 1.65 bits per heavy atom. The van der Waals surface area contributed by atoms with E-state index in [9.17, 15) is 14.7 Å². The van der Waals surface area contributed by atoms with Gasteiger partial charge in [0.15, 0.2) is 6.10 Å². The molecule has 1 atom stereocenters. The highest BCUT2D eigenvalue weighted by molar-refractivity contribution is 5.92. The molecule has 2 aromatic carbocycles. The molecule has 0 aromatic heterocycles. The van der Waals surface area contributed by atoms with E-state index in [0.29, 0.717) is 12.1 Å². The Morgan fingerprint density at radius 1 is 1.12 bits per heavy atom. The van der Waals surface area contributed by atoms with E-state index in [0.717, 1.165) is 11.1 Å². The molecule has 0 saturated carbocycles. The van der Waals surface area contributed by atoms with Gasteiger partial charge in [0.1, 0.15) is 5.75 Å². The van der Waals surface area contributed by atoms with Gasteiger partial charge in [0.2, 0.25) is 0 Å². The van der Waals surface area contributed by atoms with Gasteiger partial charge in [0, 0.05) is 13.6 Å². The normalized spacial score (nSPS) is 11.3. The minimum absolute atomic E-state index is 0.187. The van der Waals surface area contributed by atoms with Gasteiger partial charge in [-0.1, -0.05) is 24.3 Å². The van der Waals surface area contributed by atoms with Gasteiger partial charge in [-0.25, -0.2) is 4.79 Å². The molecule has 0 aliphatic heterocycles. The minimum Gasteiger partial charge on any atom is -0.508 e. The van der Waals surface area contributed by atoms with Crippen LogP contribution < -0.4 is 0 Å². The highest BCUT2D eigenvalue weighted by Crippen LogP contribution is 2.22. The quantitative estimate of drug-likeness (QED) is 0.807. The zero-order valence-corrected chi connectivity index (χ0v) is 14.7. The predicted molar refractivity (Wildman–Crippen MR) is 96.3 cm³/mol. The largest absolute Gasteiger partial charge is 0.508 e. The molecule has 0 bridgehead atoms. The maximum atomic E-state index is 12.2. The molecule has 2 rings (SSSR count). The zero-order chi connectivity index (χ0) is 19.1. The second-order valence-electron chi connectivity index (χ2n) is 5.84. The van der Waals surface area contributed by atoms with E-state index in [-0.39, 0.29) is 18.1 Å². The Kier molecular flexibility index (Phi) is 6.34. The maximum Gasteiger partial charge on any atom is 0.338 e. The van der Waals surface area contributed by atoms with E-state index in [1.807, 2.05) is 6.07 Å². The summed E-state index contributed by atoms with van der Waals surface area (Å²) < 4.78 is 5.21. The fourth-order valence-electron chi connectivity index (χ4n) is 2.37. The molecule has 1 N–H and O–H groups in total. The van der Waals surface area contributed by atoms with Crippen molar-refractivity contribution in [2.24, 2.45) is 0 Å². The van der Waals surface area contributed by atoms with Crippen molar-refractivity contribution in [1.82, 2.24) is 4.90 Å². The zero-order valence-electron chi connectivity index (χ0n) is 14.7. The van der Waals surface area contributed by atoms with Crippen LogP contribution in [0.5, 0.6) is 5.75 Å². The summed E-state index contributed by atoms with van der Waals surface area (Å²) in [6.07, 6.45) is -0.704. The number of phenolic OH excluding ortho intramolecular Hbond substituents is 1. The molecule has 2 aromatic rings. The van der Waals surface area contributed by atoms with E-state index in [1.165, 1.54) is 11.8 Å². The van der Waals surface area contributed by atoms with Gasteiger partial charge in [-0.05, 0) is 42.3 Å². The third-order valence-corrected chi connectivity index (χ3v) is 3.89. The lowest BCUT2D eigenvalue weighted by molar-refractivity contribution is -0.138. The van der Waals surface area contributed by atoms with Crippen molar-refractivity contribution >= 4 is 11.9 Å². The molecule has 0 heterocycles. The summed E-state index contributed by atoms with van der Waals surface area (Å²) in [6.45, 7) is 1.80. The highest BCUT2D eigenvalue weighted by atomic mass is 16.5. The van der Waals surface area contributed by atoms with Crippen molar-refractivity contribution in [2.45, 2.75) is 19.4 Å². The van der Waals surface area contributed by atoms with Gasteiger partial charge in [-0.3, -0.25) is 4.79 Å². The van der Waals surface area contributed by atoms with Crippen LogP contribution in [0.3, 0.4) is 0 Å². The van der Waals surface area contributed by atoms with Crippen LogP contribution in [0.4, 0.5) is 0 Å². The van der Waals surface area contributed by atoms with Crippen molar-refractivity contribution in [3.8, 4) is 22.9 Å². The van der Waals surface area contributed by atoms with Crippen molar-refractivity contribution in [1.29, 1.82) is 5.26 Å². The average molecular weight is 352 g/mol. The first-order chi connectivity index (χ1) is 12.4. The SMILES string of the molecule is C[C@H](OC(=O)c1ccc(-c2ccc(O)cc2)cc1)C(=O)N(C)CCC#N. The Morgan fingerprint density at radius 3 is 2.19 bits per heavy atom. The number of amides is 1. The lowest BCUT2D eigenvalue weighted by Gasteiger charge is -2.20. The van der Waals surface area contributed by atoms with Gasteiger partial charge < -0.3 is 14.7 Å². The van der Waals surface area contributed by atoms with Crippen LogP contribution in [0.1, 0.15) is 23.7 Å². The third kappa shape index (κ3) is 4.84. The van der Waals surface area contributed by atoms with Crippen molar-refractivity contribution in [3.63, 3.8) is 0 Å². The van der Waals surface area contributed by atoms with Crippen LogP contribution in [0, 0.1) is 11.3 Å². The summed E-state index contributed by atoms with van der Waals surface area (Å²) in [6, 6.07) is 15.5. The lowest BCUT2D eigenvalue weighted by Crippen LogP contribution is -2.37. The van der Waals surface area contributed by atoms with Crippen LogP contribution in [-0.2, 0) is 9.53 Å². The number of benzene rings is 2. The van der Waals surface area contributed by atoms with Crippen molar-refractivity contribution < 1.29 is 19.4 Å². The molecule has 0 fully saturated rings. The van der Waals surface area contributed by atoms with E-state index in [2.05, 4.69) is 0 Å². The lowest BCUT2D eigenvalue weighted by atomic mass is 10.0. The van der Waals surface area contributed by atoms with E-state index in [1.54, 1.807) is 55.6 Å². The number of carbonyl (C=O) groups is 2. The number of aromatic hydroxyl groups is 1. The molecule has 0 aliphatic rings. The number of esters is 1. The first-order valence-electron chi connectivity index (χ1n) is 8.14. The molecule has 6 nitrogen and oxygen atoms in total. The molecular formula is C20H20N2O4. The van der Waals surface area contributed by atoms with Gasteiger partial charge in [0.25, 0.3) is 5.91 Å². The number of nitriles is 1.